The molecule has 2 aromatic rings. The van der Waals surface area contributed by atoms with Crippen LogP contribution in [-0.4, -0.2) is 61.4 Å². The Morgan fingerprint density at radius 2 is 2.00 bits per heavy atom. The van der Waals surface area contributed by atoms with E-state index < -0.39 is 6.10 Å². The van der Waals surface area contributed by atoms with Gasteiger partial charge in [-0.1, -0.05) is 23.7 Å². The molecule has 1 amide bonds. The van der Waals surface area contributed by atoms with Gasteiger partial charge in [0.2, 0.25) is 5.91 Å². The van der Waals surface area contributed by atoms with Crippen molar-refractivity contribution >= 4 is 17.5 Å². The van der Waals surface area contributed by atoms with Gasteiger partial charge in [-0.15, -0.1) is 0 Å². The molecule has 1 heterocycles. The molecule has 1 aliphatic rings. The van der Waals surface area contributed by atoms with Crippen LogP contribution in [0, 0.1) is 0 Å². The maximum absolute atomic E-state index is 11.4. The number of hydrogen-bond acceptors (Lipinski definition) is 5. The van der Waals surface area contributed by atoms with E-state index in [0.29, 0.717) is 37.0 Å². The highest BCUT2D eigenvalue weighted by atomic mass is 35.5. The number of halogens is 1. The number of nitrogens with one attached hydrogen (secondary N) is 1. The lowest BCUT2D eigenvalue weighted by Crippen LogP contribution is -2.50. The molecule has 1 fully saturated rings. The average Bonchev–Trinajstić information content (AvgIpc) is 2.66. The first-order valence-corrected chi connectivity index (χ1v) is 9.75. The number of carbonyl (C=O) groups is 1. The van der Waals surface area contributed by atoms with Crippen LogP contribution in [0.25, 0.3) is 11.1 Å². The Labute approximate surface area is 170 Å². The molecule has 1 atom stereocenters. The summed E-state index contributed by atoms with van der Waals surface area (Å²) >= 11 is 6.26. The zero-order chi connectivity index (χ0) is 19.9. The third kappa shape index (κ3) is 5.86. The van der Waals surface area contributed by atoms with E-state index in [4.69, 9.17) is 21.1 Å². The van der Waals surface area contributed by atoms with Gasteiger partial charge in [-0.05, 0) is 48.4 Å². The number of aliphatic hydroxyl groups excluding tert-OH is 1. The van der Waals surface area contributed by atoms with Crippen LogP contribution in [0.5, 0.6) is 11.5 Å². The van der Waals surface area contributed by atoms with Gasteiger partial charge in [-0.3, -0.25) is 9.69 Å². The van der Waals surface area contributed by atoms with Gasteiger partial charge < -0.3 is 19.9 Å². The van der Waals surface area contributed by atoms with E-state index in [1.807, 2.05) is 48.2 Å². The molecule has 0 bridgehead atoms. The van der Waals surface area contributed by atoms with Gasteiger partial charge in [0, 0.05) is 24.7 Å². The van der Waals surface area contributed by atoms with Crippen LogP contribution in [0.4, 0.5) is 0 Å². The van der Waals surface area contributed by atoms with Crippen molar-refractivity contribution in [3.8, 4) is 22.6 Å². The van der Waals surface area contributed by atoms with E-state index in [0.717, 1.165) is 23.4 Å². The van der Waals surface area contributed by atoms with Crippen molar-refractivity contribution in [2.24, 2.45) is 0 Å². The second kappa shape index (κ2) is 9.78. The van der Waals surface area contributed by atoms with Gasteiger partial charge in [0.25, 0.3) is 0 Å². The molecule has 7 heteroatoms. The van der Waals surface area contributed by atoms with Gasteiger partial charge >= 0.3 is 0 Å². The summed E-state index contributed by atoms with van der Waals surface area (Å²) in [5.74, 6) is 1.36. The Morgan fingerprint density at radius 1 is 1.18 bits per heavy atom. The van der Waals surface area contributed by atoms with E-state index in [-0.39, 0.29) is 12.5 Å². The number of β-amino-alcohol motifs (C(OH)–C–C–N with tert-alkyl or cyclic N) is 1. The van der Waals surface area contributed by atoms with Crippen LogP contribution in [-0.2, 0) is 4.79 Å². The Bertz CT molecular complexity index is 815. The lowest BCUT2D eigenvalue weighted by atomic mass is 10.1. The first-order chi connectivity index (χ1) is 13.5. The lowest BCUT2D eigenvalue weighted by molar-refractivity contribution is -0.124. The van der Waals surface area contributed by atoms with Crippen molar-refractivity contribution in [1.82, 2.24) is 10.2 Å². The summed E-state index contributed by atoms with van der Waals surface area (Å²) in [6.45, 7) is 4.68. The molecule has 0 saturated carbocycles. The molecule has 0 radical (unpaired) electrons. The fraction of sp³-hybridized carbons (Fsp3) is 0.381. The minimum atomic E-state index is -0.699. The molecule has 1 saturated heterocycles. The lowest BCUT2D eigenvalue weighted by Gasteiger charge is -2.28. The highest BCUT2D eigenvalue weighted by Gasteiger charge is 2.19. The van der Waals surface area contributed by atoms with Gasteiger partial charge in [-0.25, -0.2) is 0 Å². The number of amides is 1. The van der Waals surface area contributed by atoms with Crippen molar-refractivity contribution < 1.29 is 19.4 Å². The molecule has 6 nitrogen and oxygen atoms in total. The van der Waals surface area contributed by atoms with Crippen LogP contribution in [0.1, 0.15) is 6.92 Å². The summed E-state index contributed by atoms with van der Waals surface area (Å²) < 4.78 is 11.3. The van der Waals surface area contributed by atoms with E-state index in [1.54, 1.807) is 6.07 Å². The molecule has 2 N–H and O–H groups in total. The van der Waals surface area contributed by atoms with Gasteiger partial charge in [-0.2, -0.15) is 0 Å². The second-order valence-corrected chi connectivity index (χ2v) is 7.12. The Morgan fingerprint density at radius 3 is 2.79 bits per heavy atom. The van der Waals surface area contributed by atoms with Crippen LogP contribution in [0.15, 0.2) is 42.5 Å². The van der Waals surface area contributed by atoms with E-state index >= 15 is 0 Å². The SMILES string of the molecule is CCOc1cccc(-c2cc(Cl)cc(OCC(O)CN3CCNC(=O)C3)c2)c1. The monoisotopic (exact) mass is 404 g/mol. The van der Waals surface area contributed by atoms with Gasteiger partial charge in [0.05, 0.1) is 13.2 Å². The van der Waals surface area contributed by atoms with E-state index in [1.165, 1.54) is 0 Å². The van der Waals surface area contributed by atoms with Crippen LogP contribution in [0.2, 0.25) is 5.02 Å². The summed E-state index contributed by atoms with van der Waals surface area (Å²) in [5, 5.41) is 13.6. The summed E-state index contributed by atoms with van der Waals surface area (Å²) in [7, 11) is 0. The smallest absolute Gasteiger partial charge is 0.234 e. The normalized spacial score (nSPS) is 15.8. The quantitative estimate of drug-likeness (QED) is 0.707. The molecule has 150 valence electrons. The summed E-state index contributed by atoms with van der Waals surface area (Å²) in [6, 6.07) is 13.2. The van der Waals surface area contributed by atoms with Crippen molar-refractivity contribution in [3.05, 3.63) is 47.5 Å². The summed E-state index contributed by atoms with van der Waals surface area (Å²) in [4.78, 5) is 13.3. The standard InChI is InChI=1S/C21H25ClN2O4/c1-2-27-19-5-3-4-15(9-19)16-8-17(22)11-20(10-16)28-14-18(25)12-24-7-6-23-21(26)13-24/h3-5,8-11,18,25H,2,6-7,12-14H2,1H3,(H,23,26). The molecular formula is C21H25ClN2O4. The molecule has 3 rings (SSSR count). The van der Waals surface area contributed by atoms with Crippen LogP contribution in [0.3, 0.4) is 0 Å². The largest absolute Gasteiger partial charge is 0.494 e. The first-order valence-electron chi connectivity index (χ1n) is 9.37. The molecule has 28 heavy (non-hydrogen) atoms. The maximum Gasteiger partial charge on any atom is 0.234 e. The second-order valence-electron chi connectivity index (χ2n) is 6.69. The Hall–Kier alpha value is -2.28. The minimum absolute atomic E-state index is 0.0202. The topological polar surface area (TPSA) is 71.0 Å². The zero-order valence-electron chi connectivity index (χ0n) is 15.9. The Balaban J connectivity index is 1.63. The molecule has 1 aliphatic heterocycles. The Kier molecular flexibility index (Phi) is 7.14. The number of ether oxygens (including phenoxy) is 2. The van der Waals surface area contributed by atoms with Crippen molar-refractivity contribution in [2.45, 2.75) is 13.0 Å². The number of nitrogens with zero attached hydrogens (tertiary/aromatic N) is 1. The average molecular weight is 405 g/mol. The number of aliphatic hydroxyl groups is 1. The van der Waals surface area contributed by atoms with Gasteiger partial charge in [0.1, 0.15) is 24.2 Å². The molecule has 1 unspecified atom stereocenters. The summed E-state index contributed by atoms with van der Waals surface area (Å²) in [5.41, 5.74) is 1.88. The van der Waals surface area contributed by atoms with Crippen molar-refractivity contribution in [2.75, 3.05) is 39.4 Å². The summed E-state index contributed by atoms with van der Waals surface area (Å²) in [6.07, 6.45) is -0.699. The third-order valence-corrected chi connectivity index (χ3v) is 4.60. The molecular weight excluding hydrogens is 380 g/mol. The first kappa shape index (κ1) is 20.5. The predicted molar refractivity (Wildman–Crippen MR) is 109 cm³/mol. The molecule has 0 aliphatic carbocycles. The van der Waals surface area contributed by atoms with Crippen LogP contribution >= 0.6 is 11.6 Å². The number of carbonyl (C=O) groups excluding carboxylic acids is 1. The maximum atomic E-state index is 11.4. The van der Waals surface area contributed by atoms with Gasteiger partial charge in [0.15, 0.2) is 0 Å². The highest BCUT2D eigenvalue weighted by Crippen LogP contribution is 2.30. The molecule has 2 aromatic carbocycles. The number of hydrogen-bond donors (Lipinski definition) is 2. The fourth-order valence-corrected chi connectivity index (χ4v) is 3.36. The number of rotatable bonds is 8. The zero-order valence-corrected chi connectivity index (χ0v) is 16.6. The van der Waals surface area contributed by atoms with Crippen molar-refractivity contribution in [1.29, 1.82) is 0 Å². The highest BCUT2D eigenvalue weighted by molar-refractivity contribution is 6.31. The van der Waals surface area contributed by atoms with Crippen molar-refractivity contribution in [3.63, 3.8) is 0 Å². The van der Waals surface area contributed by atoms with E-state index in [9.17, 15) is 9.90 Å². The number of benzene rings is 2. The number of piperazine rings is 1. The molecule has 0 spiro atoms. The fourth-order valence-electron chi connectivity index (χ4n) is 3.14. The van der Waals surface area contributed by atoms with Crippen LogP contribution < -0.4 is 14.8 Å². The third-order valence-electron chi connectivity index (χ3n) is 4.38. The minimum Gasteiger partial charge on any atom is -0.494 e. The molecule has 0 aromatic heterocycles. The van der Waals surface area contributed by atoms with E-state index in [2.05, 4.69) is 5.32 Å². The predicted octanol–water partition coefficient (Wildman–Crippen LogP) is 2.58.